The van der Waals surface area contributed by atoms with Crippen LogP contribution in [-0.4, -0.2) is 27.6 Å². The minimum atomic E-state index is -0.929. The molecule has 0 unspecified atom stereocenters. The molecule has 0 aliphatic carbocycles. The Morgan fingerprint density at radius 3 is 2.25 bits per heavy atom. The van der Waals surface area contributed by atoms with Crippen molar-refractivity contribution in [2.75, 3.05) is 5.75 Å². The van der Waals surface area contributed by atoms with Crippen LogP contribution < -0.4 is 18.1 Å². The van der Waals surface area contributed by atoms with Crippen LogP contribution in [0, 0.1) is 0 Å². The number of hydrogen-bond acceptors (Lipinski definition) is 3. The minimum Gasteiger partial charge on any atom is -1.00 e. The Morgan fingerprint density at radius 2 is 2.00 bits per heavy atom. The molecule has 0 saturated carbocycles. The number of rotatable bonds is 3. The third-order valence-electron chi connectivity index (χ3n) is 1.01. The molecule has 0 amide bonds. The van der Waals surface area contributed by atoms with Crippen LogP contribution >= 0.6 is 11.8 Å². The van der Waals surface area contributed by atoms with Crippen molar-refractivity contribution in [3.63, 3.8) is 0 Å². The molecule has 0 aliphatic heterocycles. The summed E-state index contributed by atoms with van der Waals surface area (Å²) in [5, 5.41) is 8.44. The topological polar surface area (TPSA) is 63.3 Å². The second kappa shape index (κ2) is 5.67. The second-order valence-corrected chi connectivity index (χ2v) is 5.21. The summed E-state index contributed by atoms with van der Waals surface area (Å²) in [5.74, 6) is -0.458. The molecular weight excluding hydrogens is 198 g/mol. The quantitative estimate of drug-likeness (QED) is 0.565. The Hall–Kier alpha value is 0.0700. The third kappa shape index (κ3) is 8.17. The van der Waals surface area contributed by atoms with Crippen LogP contribution in [-0.2, 0) is 4.79 Å². The van der Waals surface area contributed by atoms with E-state index in [2.05, 4.69) is 0 Å². The first-order valence-electron chi connectivity index (χ1n) is 3.45. The van der Waals surface area contributed by atoms with Crippen molar-refractivity contribution in [3.8, 4) is 0 Å². The highest BCUT2D eigenvalue weighted by molar-refractivity contribution is 8.00. The summed E-state index contributed by atoms with van der Waals surface area (Å²) >= 11 is 1.56. The summed E-state index contributed by atoms with van der Waals surface area (Å²) in [6.45, 7) is 6.10. The first-order chi connectivity index (χ1) is 4.83. The van der Waals surface area contributed by atoms with Gasteiger partial charge in [0.1, 0.15) is 6.04 Å². The molecule has 74 valence electrons. The molecule has 0 spiro atoms. The van der Waals surface area contributed by atoms with E-state index in [1.54, 1.807) is 11.8 Å². The van der Waals surface area contributed by atoms with Crippen LogP contribution in [0.2, 0.25) is 0 Å². The lowest BCUT2D eigenvalue weighted by atomic mass is 10.3. The number of carboxylic acids is 1. The predicted octanol–water partition coefficient (Wildman–Crippen LogP) is -2.07. The summed E-state index contributed by atoms with van der Waals surface area (Å²) in [6.07, 6.45) is 0. The molecule has 0 radical (unpaired) electrons. The minimum absolute atomic E-state index is 0. The van der Waals surface area contributed by atoms with Crippen LogP contribution in [0.4, 0.5) is 0 Å². The summed E-state index contributed by atoms with van der Waals surface area (Å²) in [5.41, 5.74) is 5.30. The Labute approximate surface area is 83.5 Å². The highest BCUT2D eigenvalue weighted by Gasteiger charge is 2.16. The van der Waals surface area contributed by atoms with Crippen LogP contribution in [0.3, 0.4) is 0 Å². The van der Waals surface area contributed by atoms with Crippen LogP contribution in [0.25, 0.3) is 0 Å². The number of carbonyl (C=O) groups is 1. The Bertz CT molecular complexity index is 147. The number of halogens is 1. The summed E-state index contributed by atoms with van der Waals surface area (Å²) in [6, 6.07) is -0.737. The molecule has 0 rings (SSSR count). The molecule has 0 fully saturated rings. The van der Waals surface area contributed by atoms with E-state index in [-0.39, 0.29) is 17.2 Å². The lowest BCUT2D eigenvalue weighted by molar-refractivity contribution is -0.137. The van der Waals surface area contributed by atoms with Gasteiger partial charge in [-0.05, 0) is 0 Å². The maximum Gasteiger partial charge on any atom is 0.321 e. The van der Waals surface area contributed by atoms with Crippen LogP contribution in [0.15, 0.2) is 0 Å². The van der Waals surface area contributed by atoms with Crippen LogP contribution in [0.5, 0.6) is 0 Å². The van der Waals surface area contributed by atoms with Crippen molar-refractivity contribution in [1.29, 1.82) is 0 Å². The molecule has 0 bridgehead atoms. The number of aliphatic carboxylic acids is 1. The molecule has 12 heavy (non-hydrogen) atoms. The Kier molecular flexibility index (Phi) is 6.89. The standard InChI is InChI=1S/C7H15NO2S.ClH/c1-7(2,3)11-4-5(8)6(9)10;/h5H,4,8H2,1-3H3,(H,9,10);1H/p-1/t5-;/m0./s1. The van der Waals surface area contributed by atoms with Crippen molar-refractivity contribution < 1.29 is 22.3 Å². The van der Waals surface area contributed by atoms with E-state index in [4.69, 9.17) is 10.8 Å². The van der Waals surface area contributed by atoms with Gasteiger partial charge in [-0.2, -0.15) is 11.8 Å². The molecule has 3 N–H and O–H groups in total. The lowest BCUT2D eigenvalue weighted by Gasteiger charge is -2.18. The van der Waals surface area contributed by atoms with Gasteiger partial charge in [0.05, 0.1) is 0 Å². The SMILES string of the molecule is CC(C)(C)SC[C@H](N)C(=O)O.[Cl-]. The van der Waals surface area contributed by atoms with Crippen molar-refractivity contribution in [2.24, 2.45) is 5.73 Å². The van der Waals surface area contributed by atoms with Crippen molar-refractivity contribution in [3.05, 3.63) is 0 Å². The van der Waals surface area contributed by atoms with Gasteiger partial charge in [0.15, 0.2) is 0 Å². The highest BCUT2D eigenvalue weighted by Crippen LogP contribution is 2.23. The Morgan fingerprint density at radius 1 is 1.58 bits per heavy atom. The average Bonchev–Trinajstić information content (AvgIpc) is 1.80. The van der Waals surface area contributed by atoms with E-state index in [1.807, 2.05) is 20.8 Å². The third-order valence-corrected chi connectivity index (χ3v) is 2.40. The molecule has 0 heterocycles. The maximum atomic E-state index is 10.3. The summed E-state index contributed by atoms with van der Waals surface area (Å²) in [7, 11) is 0. The van der Waals surface area contributed by atoms with Gasteiger partial charge in [0.25, 0.3) is 0 Å². The van der Waals surface area contributed by atoms with Gasteiger partial charge < -0.3 is 23.2 Å². The second-order valence-electron chi connectivity index (χ2n) is 3.37. The van der Waals surface area contributed by atoms with E-state index in [0.717, 1.165) is 0 Å². The van der Waals surface area contributed by atoms with Gasteiger partial charge >= 0.3 is 5.97 Å². The molecule has 0 saturated heterocycles. The van der Waals surface area contributed by atoms with E-state index in [1.165, 1.54) is 0 Å². The molecule has 0 aromatic carbocycles. The van der Waals surface area contributed by atoms with E-state index >= 15 is 0 Å². The molecule has 3 nitrogen and oxygen atoms in total. The average molecular weight is 213 g/mol. The largest absolute Gasteiger partial charge is 1.00 e. The van der Waals surface area contributed by atoms with Gasteiger partial charge in [-0.25, -0.2) is 0 Å². The summed E-state index contributed by atoms with van der Waals surface area (Å²) in [4.78, 5) is 10.3. The monoisotopic (exact) mass is 212 g/mol. The smallest absolute Gasteiger partial charge is 0.321 e. The van der Waals surface area contributed by atoms with Crippen molar-refractivity contribution in [1.82, 2.24) is 0 Å². The van der Waals surface area contributed by atoms with Crippen molar-refractivity contribution >= 4 is 17.7 Å². The van der Waals surface area contributed by atoms with Gasteiger partial charge in [0, 0.05) is 10.5 Å². The highest BCUT2D eigenvalue weighted by atomic mass is 35.5. The number of hydrogen-bond donors (Lipinski definition) is 2. The van der Waals surface area contributed by atoms with E-state index in [0.29, 0.717) is 5.75 Å². The van der Waals surface area contributed by atoms with E-state index in [9.17, 15) is 4.79 Å². The fraction of sp³-hybridized carbons (Fsp3) is 0.857. The number of thioether (sulfide) groups is 1. The zero-order chi connectivity index (χ0) is 9.07. The maximum absolute atomic E-state index is 10.3. The predicted molar refractivity (Wildman–Crippen MR) is 47.8 cm³/mol. The van der Waals surface area contributed by atoms with Crippen molar-refractivity contribution in [2.45, 2.75) is 31.6 Å². The fourth-order valence-electron chi connectivity index (χ4n) is 0.411. The molecule has 0 aromatic heterocycles. The van der Waals surface area contributed by atoms with Crippen LogP contribution in [0.1, 0.15) is 20.8 Å². The summed E-state index contributed by atoms with van der Waals surface area (Å²) < 4.78 is 0.0903. The molecule has 5 heteroatoms. The van der Waals surface area contributed by atoms with Gasteiger partial charge in [0.2, 0.25) is 0 Å². The first kappa shape index (κ1) is 14.6. The Balaban J connectivity index is 0. The molecular formula is C7H15ClNO2S-. The lowest BCUT2D eigenvalue weighted by Crippen LogP contribution is -3.00. The first-order valence-corrected chi connectivity index (χ1v) is 4.44. The fourth-order valence-corrected chi connectivity index (χ4v) is 1.23. The molecule has 0 aliphatic rings. The van der Waals surface area contributed by atoms with Gasteiger partial charge in [-0.1, -0.05) is 20.8 Å². The molecule has 1 atom stereocenters. The van der Waals surface area contributed by atoms with Gasteiger partial charge in [-0.3, -0.25) is 4.79 Å². The molecule has 0 aromatic rings. The zero-order valence-corrected chi connectivity index (χ0v) is 9.08. The van der Waals surface area contributed by atoms with Gasteiger partial charge in [-0.15, -0.1) is 0 Å². The number of nitrogens with two attached hydrogens (primary N) is 1. The normalized spacial score (nSPS) is 13.3. The number of carboxylic acid groups (broad SMARTS) is 1. The zero-order valence-electron chi connectivity index (χ0n) is 7.50. The van der Waals surface area contributed by atoms with E-state index < -0.39 is 12.0 Å².